The molecule has 0 fully saturated rings. The molecule has 5 nitrogen and oxygen atoms in total. The number of nitrogens with one attached hydrogen (secondary N) is 1. The average Bonchev–Trinajstić information content (AvgIpc) is 2.75. The molecule has 0 radical (unpaired) electrons. The van der Waals surface area contributed by atoms with Gasteiger partial charge >= 0.3 is 0 Å². The quantitative estimate of drug-likeness (QED) is 0.555. The molecule has 2 aromatic rings. The third-order valence-corrected chi connectivity index (χ3v) is 5.89. The van der Waals surface area contributed by atoms with E-state index in [2.05, 4.69) is 42.0 Å². The summed E-state index contributed by atoms with van der Waals surface area (Å²) in [6, 6.07) is 15.3. The van der Waals surface area contributed by atoms with Gasteiger partial charge in [0.1, 0.15) is 11.8 Å². The Kier molecular flexibility index (Phi) is 9.11. The fourth-order valence-corrected chi connectivity index (χ4v) is 3.86. The molecule has 0 aliphatic heterocycles. The Morgan fingerprint density at radius 2 is 1.81 bits per heavy atom. The van der Waals surface area contributed by atoms with Crippen LogP contribution in [-0.2, 0) is 21.4 Å². The average molecular weight is 489 g/mol. The number of carbonyl (C=O) groups excluding carboxylic acids is 2. The van der Waals surface area contributed by atoms with Crippen molar-refractivity contribution in [2.45, 2.75) is 52.0 Å². The number of carbonyl (C=O) groups is 2. The van der Waals surface area contributed by atoms with Crippen LogP contribution in [0, 0.1) is 0 Å². The zero-order valence-corrected chi connectivity index (χ0v) is 20.7. The van der Waals surface area contributed by atoms with E-state index in [1.54, 1.807) is 11.9 Å². The van der Waals surface area contributed by atoms with Gasteiger partial charge in [-0.05, 0) is 57.4 Å². The lowest BCUT2D eigenvalue weighted by atomic mass is 9.87. The van der Waals surface area contributed by atoms with Crippen LogP contribution in [0.4, 0.5) is 0 Å². The molecule has 1 unspecified atom stereocenters. The molecule has 0 aliphatic rings. The predicted molar refractivity (Wildman–Crippen MR) is 128 cm³/mol. The van der Waals surface area contributed by atoms with Crippen LogP contribution in [0.1, 0.15) is 45.2 Å². The van der Waals surface area contributed by atoms with Crippen molar-refractivity contribution in [1.82, 2.24) is 10.2 Å². The van der Waals surface area contributed by atoms with Crippen LogP contribution in [0.5, 0.6) is 5.75 Å². The minimum atomic E-state index is -0.531. The van der Waals surface area contributed by atoms with Crippen LogP contribution in [-0.4, -0.2) is 43.0 Å². The van der Waals surface area contributed by atoms with E-state index in [0.717, 1.165) is 10.0 Å². The summed E-state index contributed by atoms with van der Waals surface area (Å²) in [5, 5.41) is 2.67. The zero-order chi connectivity index (χ0) is 23.0. The second-order valence-corrected chi connectivity index (χ2v) is 9.40. The van der Waals surface area contributed by atoms with Crippen LogP contribution in [0.25, 0.3) is 0 Å². The number of benzene rings is 2. The summed E-state index contributed by atoms with van der Waals surface area (Å²) in [5.74, 6) is 0.232. The first-order valence-corrected chi connectivity index (χ1v) is 11.4. The van der Waals surface area contributed by atoms with E-state index < -0.39 is 6.04 Å². The van der Waals surface area contributed by atoms with Crippen molar-refractivity contribution in [2.24, 2.45) is 0 Å². The third kappa shape index (κ3) is 7.10. The van der Waals surface area contributed by atoms with E-state index in [0.29, 0.717) is 25.1 Å². The standard InChI is InChI=1S/C25H33BrN2O3/c1-6-21(24(30)27-5)28(15-14-18-10-8-7-9-11-18)23(29)17-31-22-13-12-19(16-20(22)26)25(2,3)4/h7-13,16,21H,6,14-15,17H2,1-5H3,(H,27,30). The second-order valence-electron chi connectivity index (χ2n) is 8.54. The van der Waals surface area contributed by atoms with Crippen LogP contribution in [0.15, 0.2) is 53.0 Å². The highest BCUT2D eigenvalue weighted by atomic mass is 79.9. The van der Waals surface area contributed by atoms with Gasteiger partial charge in [-0.1, -0.05) is 64.1 Å². The van der Waals surface area contributed by atoms with E-state index in [9.17, 15) is 9.59 Å². The van der Waals surface area contributed by atoms with E-state index in [1.807, 2.05) is 55.5 Å². The molecule has 2 aromatic carbocycles. The van der Waals surface area contributed by atoms with Gasteiger partial charge in [-0.3, -0.25) is 9.59 Å². The largest absolute Gasteiger partial charge is 0.483 e. The Labute approximate surface area is 194 Å². The highest BCUT2D eigenvalue weighted by molar-refractivity contribution is 9.10. The Morgan fingerprint density at radius 1 is 1.13 bits per heavy atom. The first-order chi connectivity index (χ1) is 14.7. The van der Waals surface area contributed by atoms with Gasteiger partial charge in [0.05, 0.1) is 4.47 Å². The van der Waals surface area contributed by atoms with Gasteiger partial charge in [-0.15, -0.1) is 0 Å². The molecule has 0 saturated heterocycles. The smallest absolute Gasteiger partial charge is 0.261 e. The molecular formula is C25H33BrN2O3. The zero-order valence-electron chi connectivity index (χ0n) is 19.1. The Hall–Kier alpha value is -2.34. The number of likely N-dealkylation sites (N-methyl/N-ethyl adjacent to an activating group) is 1. The molecule has 2 amide bonds. The van der Waals surface area contributed by atoms with Gasteiger partial charge in [0.2, 0.25) is 5.91 Å². The van der Waals surface area contributed by atoms with Crippen molar-refractivity contribution < 1.29 is 14.3 Å². The SMILES string of the molecule is CCC(C(=O)NC)N(CCc1ccccc1)C(=O)COc1ccc(C(C)(C)C)cc1Br. The highest BCUT2D eigenvalue weighted by Gasteiger charge is 2.28. The van der Waals surface area contributed by atoms with Crippen molar-refractivity contribution in [1.29, 1.82) is 0 Å². The van der Waals surface area contributed by atoms with E-state index in [4.69, 9.17) is 4.74 Å². The van der Waals surface area contributed by atoms with E-state index >= 15 is 0 Å². The molecule has 0 heterocycles. The van der Waals surface area contributed by atoms with Crippen LogP contribution >= 0.6 is 15.9 Å². The van der Waals surface area contributed by atoms with Gasteiger partial charge in [0, 0.05) is 13.6 Å². The summed E-state index contributed by atoms with van der Waals surface area (Å²) in [6.07, 6.45) is 1.20. The molecule has 0 aliphatic carbocycles. The molecule has 0 aromatic heterocycles. The summed E-state index contributed by atoms with van der Waals surface area (Å²) < 4.78 is 6.64. The third-order valence-electron chi connectivity index (χ3n) is 5.27. The maximum absolute atomic E-state index is 13.1. The molecule has 0 spiro atoms. The first kappa shape index (κ1) is 24.9. The molecular weight excluding hydrogens is 456 g/mol. The van der Waals surface area contributed by atoms with Crippen molar-refractivity contribution >= 4 is 27.7 Å². The maximum atomic E-state index is 13.1. The fourth-order valence-electron chi connectivity index (χ4n) is 3.37. The fraction of sp³-hybridized carbons (Fsp3) is 0.440. The molecule has 31 heavy (non-hydrogen) atoms. The first-order valence-electron chi connectivity index (χ1n) is 10.6. The van der Waals surface area contributed by atoms with Crippen molar-refractivity contribution in [3.8, 4) is 5.75 Å². The highest BCUT2D eigenvalue weighted by Crippen LogP contribution is 2.31. The van der Waals surface area contributed by atoms with E-state index in [1.165, 1.54) is 5.56 Å². The van der Waals surface area contributed by atoms with Crippen molar-refractivity contribution in [3.05, 3.63) is 64.1 Å². The van der Waals surface area contributed by atoms with Gasteiger partial charge in [-0.2, -0.15) is 0 Å². The van der Waals surface area contributed by atoms with Crippen LogP contribution < -0.4 is 10.1 Å². The molecule has 1 atom stereocenters. The van der Waals surface area contributed by atoms with Crippen molar-refractivity contribution in [2.75, 3.05) is 20.2 Å². The Morgan fingerprint density at radius 3 is 2.35 bits per heavy atom. The minimum absolute atomic E-state index is 0.0208. The Bertz CT molecular complexity index is 878. The number of amides is 2. The number of rotatable bonds is 9. The second kappa shape index (κ2) is 11.3. The molecule has 6 heteroatoms. The van der Waals surface area contributed by atoms with Gasteiger partial charge in [0.25, 0.3) is 5.91 Å². The number of nitrogens with zero attached hydrogens (tertiary/aromatic N) is 1. The van der Waals surface area contributed by atoms with Gasteiger partial charge in [0.15, 0.2) is 6.61 Å². The summed E-state index contributed by atoms with van der Waals surface area (Å²) in [4.78, 5) is 27.1. The maximum Gasteiger partial charge on any atom is 0.261 e. The lowest BCUT2D eigenvalue weighted by Gasteiger charge is -2.30. The number of ether oxygens (including phenoxy) is 1. The topological polar surface area (TPSA) is 58.6 Å². The molecule has 2 rings (SSSR count). The summed E-state index contributed by atoms with van der Waals surface area (Å²) in [6.45, 7) is 8.66. The number of hydrogen-bond donors (Lipinski definition) is 1. The predicted octanol–water partition coefficient (Wildman–Crippen LogP) is 4.72. The van der Waals surface area contributed by atoms with Crippen molar-refractivity contribution in [3.63, 3.8) is 0 Å². The normalized spacial score (nSPS) is 12.2. The number of halogens is 1. The molecule has 168 valence electrons. The minimum Gasteiger partial charge on any atom is -0.483 e. The van der Waals surface area contributed by atoms with Gasteiger partial charge < -0.3 is 15.0 Å². The molecule has 1 N–H and O–H groups in total. The summed E-state index contributed by atoms with van der Waals surface area (Å²) >= 11 is 3.55. The number of hydrogen-bond acceptors (Lipinski definition) is 3. The molecule has 0 bridgehead atoms. The summed E-state index contributed by atoms with van der Waals surface area (Å²) in [7, 11) is 1.59. The van der Waals surface area contributed by atoms with Crippen LogP contribution in [0.3, 0.4) is 0 Å². The van der Waals surface area contributed by atoms with E-state index in [-0.39, 0.29) is 23.8 Å². The monoisotopic (exact) mass is 488 g/mol. The lowest BCUT2D eigenvalue weighted by molar-refractivity contribution is -0.142. The summed E-state index contributed by atoms with van der Waals surface area (Å²) in [5.41, 5.74) is 2.31. The lowest BCUT2D eigenvalue weighted by Crippen LogP contribution is -2.50. The Balaban J connectivity index is 2.13. The molecule has 0 saturated carbocycles. The van der Waals surface area contributed by atoms with Gasteiger partial charge in [-0.25, -0.2) is 0 Å². The van der Waals surface area contributed by atoms with Crippen LogP contribution in [0.2, 0.25) is 0 Å².